The first-order valence-electron chi connectivity index (χ1n) is 0.783. The summed E-state index contributed by atoms with van der Waals surface area (Å²) in [6, 6.07) is 0. The van der Waals surface area contributed by atoms with Crippen molar-refractivity contribution in [1.82, 2.24) is 0 Å². The molecule has 8 heavy (non-hydrogen) atoms. The molecule has 0 aromatic rings. The molecule has 0 bridgehead atoms. The van der Waals surface area contributed by atoms with Gasteiger partial charge in [-0.1, -0.05) is 0 Å². The molecule has 0 radical (unpaired) electrons. The quantitative estimate of drug-likeness (QED) is 0.322. The van der Waals surface area contributed by atoms with Crippen molar-refractivity contribution in [2.75, 3.05) is 0 Å². The predicted molar refractivity (Wildman–Crippen MR) is 25.9 cm³/mol. The van der Waals surface area contributed by atoms with E-state index in [-0.39, 0.29) is 63.1 Å². The minimum Gasteiger partial charge on any atom is -1.00 e. The molecule has 0 atom stereocenters. The number of hydrogen-bond donors (Lipinski definition) is 3. The Labute approximate surface area is 89.5 Å². The molecule has 0 saturated heterocycles. The van der Waals surface area contributed by atoms with Crippen LogP contribution in [0.3, 0.4) is 0 Å². The molecule has 0 saturated carbocycles. The van der Waals surface area contributed by atoms with Crippen LogP contribution in [0, 0.1) is 0 Å². The van der Waals surface area contributed by atoms with E-state index >= 15 is 0 Å². The van der Waals surface area contributed by atoms with Crippen molar-refractivity contribution in [3.63, 3.8) is 0 Å². The Bertz CT molecular complexity index is 65.8. The van der Waals surface area contributed by atoms with Gasteiger partial charge in [-0.25, -0.2) is 4.57 Å². The SMILES string of the molecule is O.O=P(O)(O)O.[Ca+2].[Fe].[H-].[H-]. The third-order valence-corrected chi connectivity index (χ3v) is 0. The first kappa shape index (κ1) is 22.5. The van der Waals surface area contributed by atoms with Crippen LogP contribution >= 0.6 is 7.82 Å². The first-order chi connectivity index (χ1) is 2.00. The molecule has 52 valence electrons. The van der Waals surface area contributed by atoms with Crippen molar-refractivity contribution in [2.45, 2.75) is 0 Å². The summed E-state index contributed by atoms with van der Waals surface area (Å²) in [7, 11) is -4.64. The van der Waals surface area contributed by atoms with Gasteiger partial charge in [-0.15, -0.1) is 0 Å². The molecule has 0 aromatic carbocycles. The Kier molecular flexibility index (Phi) is 24.9. The van der Waals surface area contributed by atoms with E-state index in [0.29, 0.717) is 0 Å². The Hall–Kier alpha value is 1.85. The minimum absolute atomic E-state index is 0. The molecular formula is H7CaFeO5P. The minimum atomic E-state index is -4.64. The topological polar surface area (TPSA) is 109 Å². The maximum absolute atomic E-state index is 8.88. The summed E-state index contributed by atoms with van der Waals surface area (Å²) in [5, 5.41) is 0. The van der Waals surface area contributed by atoms with E-state index in [2.05, 4.69) is 0 Å². The van der Waals surface area contributed by atoms with Crippen LogP contribution in [-0.2, 0) is 21.6 Å². The molecule has 0 fully saturated rings. The Morgan fingerprint density at radius 2 is 1.25 bits per heavy atom. The zero-order valence-corrected chi connectivity index (χ0v) is 7.96. The van der Waals surface area contributed by atoms with E-state index in [0.717, 1.165) is 0 Å². The largest absolute Gasteiger partial charge is 2.00 e. The molecule has 0 aromatic heterocycles. The van der Waals surface area contributed by atoms with Crippen molar-refractivity contribution in [1.29, 1.82) is 0 Å². The van der Waals surface area contributed by atoms with Crippen molar-refractivity contribution < 1.29 is 44.6 Å². The normalized spacial score (nSPS) is 7.38. The van der Waals surface area contributed by atoms with Crippen LogP contribution in [0.2, 0.25) is 0 Å². The molecule has 0 aliphatic rings. The van der Waals surface area contributed by atoms with E-state index in [1.54, 1.807) is 0 Å². The summed E-state index contributed by atoms with van der Waals surface area (Å²) in [6.45, 7) is 0. The number of rotatable bonds is 0. The van der Waals surface area contributed by atoms with Crippen molar-refractivity contribution in [2.24, 2.45) is 0 Å². The van der Waals surface area contributed by atoms with Crippen LogP contribution in [0.5, 0.6) is 0 Å². The molecule has 0 unspecified atom stereocenters. The standard InChI is InChI=1S/Ca.Fe.H3O4P.H2O.2H/c;;1-5(2,3)4;;;/h;;(H3,1,2,3,4);1H2;;/q+2;;;;2*-1. The average molecular weight is 214 g/mol. The molecule has 0 spiro atoms. The maximum Gasteiger partial charge on any atom is 2.00 e. The molecule has 0 aliphatic carbocycles. The van der Waals surface area contributed by atoms with Gasteiger partial charge in [0.1, 0.15) is 0 Å². The van der Waals surface area contributed by atoms with E-state index in [1.165, 1.54) is 0 Å². The second-order valence-corrected chi connectivity index (χ2v) is 1.54. The van der Waals surface area contributed by atoms with Crippen LogP contribution in [0.25, 0.3) is 0 Å². The zero-order valence-electron chi connectivity index (χ0n) is 5.76. The van der Waals surface area contributed by atoms with E-state index < -0.39 is 7.82 Å². The summed E-state index contributed by atoms with van der Waals surface area (Å²) in [6.07, 6.45) is 0. The van der Waals surface area contributed by atoms with Gasteiger partial charge in [0.2, 0.25) is 0 Å². The van der Waals surface area contributed by atoms with E-state index in [1.807, 2.05) is 0 Å². The molecule has 5 N–H and O–H groups in total. The fourth-order valence-electron chi connectivity index (χ4n) is 0. The zero-order chi connectivity index (χ0) is 4.50. The van der Waals surface area contributed by atoms with Gasteiger partial charge < -0.3 is 23.0 Å². The van der Waals surface area contributed by atoms with Gasteiger partial charge in [-0.05, 0) is 0 Å². The van der Waals surface area contributed by atoms with Crippen LogP contribution in [0.4, 0.5) is 0 Å². The van der Waals surface area contributed by atoms with Gasteiger partial charge >= 0.3 is 45.6 Å². The third-order valence-electron chi connectivity index (χ3n) is 0. The van der Waals surface area contributed by atoms with Crippen molar-refractivity contribution >= 4 is 45.6 Å². The number of hydrogen-bond acceptors (Lipinski definition) is 1. The van der Waals surface area contributed by atoms with Gasteiger partial charge in [0.25, 0.3) is 0 Å². The fourth-order valence-corrected chi connectivity index (χ4v) is 0. The van der Waals surface area contributed by atoms with E-state index in [9.17, 15) is 0 Å². The molecule has 0 heterocycles. The average Bonchev–Trinajstić information content (AvgIpc) is 0.722. The van der Waals surface area contributed by atoms with E-state index in [4.69, 9.17) is 19.2 Å². The molecule has 0 aliphatic heterocycles. The van der Waals surface area contributed by atoms with Gasteiger partial charge in [-0.3, -0.25) is 0 Å². The fraction of sp³-hybridized carbons (Fsp3) is 0. The molecule has 0 amide bonds. The van der Waals surface area contributed by atoms with Crippen molar-refractivity contribution in [3.8, 4) is 0 Å². The van der Waals surface area contributed by atoms with Gasteiger partial charge in [0.05, 0.1) is 0 Å². The summed E-state index contributed by atoms with van der Waals surface area (Å²) >= 11 is 0. The molecule has 0 rings (SSSR count). The third kappa shape index (κ3) is 108. The first-order valence-corrected chi connectivity index (χ1v) is 2.35. The summed E-state index contributed by atoms with van der Waals surface area (Å²) in [5.41, 5.74) is 0. The Morgan fingerprint density at radius 1 is 1.25 bits per heavy atom. The summed E-state index contributed by atoms with van der Waals surface area (Å²) < 4.78 is 8.88. The van der Waals surface area contributed by atoms with Crippen LogP contribution in [0.1, 0.15) is 2.85 Å². The van der Waals surface area contributed by atoms with Crippen LogP contribution in [-0.4, -0.2) is 57.9 Å². The molecular weight excluding hydrogens is 207 g/mol. The smallest absolute Gasteiger partial charge is 1.00 e. The van der Waals surface area contributed by atoms with Crippen LogP contribution < -0.4 is 0 Å². The summed E-state index contributed by atoms with van der Waals surface area (Å²) in [5.74, 6) is 0. The predicted octanol–water partition coefficient (Wildman–Crippen LogP) is -1.91. The second kappa shape index (κ2) is 8.85. The van der Waals surface area contributed by atoms with Gasteiger partial charge in [0, 0.05) is 17.1 Å². The molecule has 8 heteroatoms. The number of phosphoric acid groups is 1. The second-order valence-electron chi connectivity index (χ2n) is 0.513. The van der Waals surface area contributed by atoms with Crippen molar-refractivity contribution in [3.05, 3.63) is 0 Å². The molecule has 5 nitrogen and oxygen atoms in total. The maximum atomic E-state index is 8.88. The summed E-state index contributed by atoms with van der Waals surface area (Å²) in [4.78, 5) is 21.6. The van der Waals surface area contributed by atoms with Gasteiger partial charge in [0.15, 0.2) is 0 Å². The van der Waals surface area contributed by atoms with Crippen LogP contribution in [0.15, 0.2) is 0 Å². The monoisotopic (exact) mass is 214 g/mol. The Balaban J connectivity index is -0.00000000800. The Morgan fingerprint density at radius 3 is 1.25 bits per heavy atom. The van der Waals surface area contributed by atoms with Gasteiger partial charge in [-0.2, -0.15) is 0 Å².